The Morgan fingerprint density at radius 2 is 1.19 bits per heavy atom. The molecule has 0 aliphatic heterocycles. The number of aliphatic hydroxyl groups is 1. The van der Waals surface area contributed by atoms with Crippen LogP contribution in [0.25, 0.3) is 21.9 Å². The summed E-state index contributed by atoms with van der Waals surface area (Å²) in [5, 5.41) is 13.6. The Balaban J connectivity index is 1.86. The zero-order valence-electron chi connectivity index (χ0n) is 14.3. The highest BCUT2D eigenvalue weighted by Gasteiger charge is 2.32. The Bertz CT molecular complexity index is 1120. The lowest BCUT2D eigenvalue weighted by atomic mass is 9.94. The molecular weight excluding hydrogens is 316 g/mol. The predicted octanol–water partition coefficient (Wildman–Crippen LogP) is 5.85. The van der Waals surface area contributed by atoms with E-state index in [0.29, 0.717) is 0 Å². The molecule has 5 rings (SSSR count). The van der Waals surface area contributed by atoms with Gasteiger partial charge in [-0.15, -0.1) is 0 Å². The van der Waals surface area contributed by atoms with Crippen molar-refractivity contribution in [3.63, 3.8) is 0 Å². The predicted molar refractivity (Wildman–Crippen MR) is 108 cm³/mol. The molecule has 1 heteroatoms. The molecule has 0 saturated carbocycles. The third-order valence-electron chi connectivity index (χ3n) is 5.20. The van der Waals surface area contributed by atoms with Crippen molar-refractivity contribution in [2.75, 3.05) is 0 Å². The van der Waals surface area contributed by atoms with Crippen LogP contribution in [0.4, 0.5) is 0 Å². The summed E-state index contributed by atoms with van der Waals surface area (Å²) in [7, 11) is 0. The molecule has 124 valence electrons. The van der Waals surface area contributed by atoms with Crippen LogP contribution < -0.4 is 0 Å². The Kier molecular flexibility index (Phi) is 3.48. The molecule has 0 fully saturated rings. The van der Waals surface area contributed by atoms with Gasteiger partial charge in [-0.25, -0.2) is 0 Å². The van der Waals surface area contributed by atoms with Crippen LogP contribution in [0.3, 0.4) is 0 Å². The third kappa shape index (κ3) is 2.22. The summed E-state index contributed by atoms with van der Waals surface area (Å²) in [6.07, 6.45) is -0.631. The molecule has 1 atom stereocenters. The molecule has 0 aromatic heterocycles. The lowest BCUT2D eigenvalue weighted by Gasteiger charge is -2.13. The second-order valence-corrected chi connectivity index (χ2v) is 6.67. The van der Waals surface area contributed by atoms with Crippen LogP contribution in [0.15, 0.2) is 97.1 Å². The summed E-state index contributed by atoms with van der Waals surface area (Å²) < 4.78 is 0. The lowest BCUT2D eigenvalue weighted by Crippen LogP contribution is -1.98. The highest BCUT2D eigenvalue weighted by atomic mass is 16.3. The fraction of sp³-hybridized carbons (Fsp3) is 0.0400. The highest BCUT2D eigenvalue weighted by molar-refractivity contribution is 6.09. The van der Waals surface area contributed by atoms with Gasteiger partial charge in [-0.1, -0.05) is 97.1 Å². The lowest BCUT2D eigenvalue weighted by molar-refractivity contribution is 0.242. The summed E-state index contributed by atoms with van der Waals surface area (Å²) in [4.78, 5) is 0. The fourth-order valence-corrected chi connectivity index (χ4v) is 4.07. The van der Waals surface area contributed by atoms with Gasteiger partial charge in [0.1, 0.15) is 6.10 Å². The fourth-order valence-electron chi connectivity index (χ4n) is 4.07. The minimum absolute atomic E-state index is 0.631. The number of benzene rings is 4. The van der Waals surface area contributed by atoms with Crippen LogP contribution in [0.5, 0.6) is 0 Å². The summed E-state index contributed by atoms with van der Waals surface area (Å²) >= 11 is 0. The van der Waals surface area contributed by atoms with E-state index < -0.39 is 6.10 Å². The smallest absolute Gasteiger partial charge is 0.106 e. The van der Waals surface area contributed by atoms with Gasteiger partial charge in [-0.05, 0) is 33.0 Å². The van der Waals surface area contributed by atoms with Gasteiger partial charge in [-0.3, -0.25) is 0 Å². The van der Waals surface area contributed by atoms with Crippen molar-refractivity contribution in [2.45, 2.75) is 6.10 Å². The minimum Gasteiger partial charge on any atom is -0.384 e. The monoisotopic (exact) mass is 334 g/mol. The van der Waals surface area contributed by atoms with Gasteiger partial charge in [0.05, 0.1) is 0 Å². The van der Waals surface area contributed by atoms with E-state index >= 15 is 0 Å². The first-order valence-corrected chi connectivity index (χ1v) is 8.89. The molecule has 0 spiro atoms. The molecule has 0 bridgehead atoms. The first-order chi connectivity index (χ1) is 12.8. The topological polar surface area (TPSA) is 20.2 Å². The van der Waals surface area contributed by atoms with Gasteiger partial charge in [0.2, 0.25) is 0 Å². The maximum absolute atomic E-state index is 11.4. The Morgan fingerprint density at radius 3 is 1.92 bits per heavy atom. The SMILES string of the molecule is OC1C(c2ccccc2)=C(c2ccccc2)c2ccc3ccccc3c21. The van der Waals surface area contributed by atoms with Crippen molar-refractivity contribution in [1.82, 2.24) is 0 Å². The van der Waals surface area contributed by atoms with Gasteiger partial charge in [0.15, 0.2) is 0 Å². The average Bonchev–Trinajstić information content (AvgIpc) is 3.02. The van der Waals surface area contributed by atoms with Crippen LogP contribution in [0, 0.1) is 0 Å². The van der Waals surface area contributed by atoms with E-state index in [1.807, 2.05) is 36.4 Å². The normalized spacial score (nSPS) is 16.1. The van der Waals surface area contributed by atoms with Crippen LogP contribution >= 0.6 is 0 Å². The number of hydrogen-bond acceptors (Lipinski definition) is 1. The first-order valence-electron chi connectivity index (χ1n) is 8.89. The summed E-state index contributed by atoms with van der Waals surface area (Å²) in [5.74, 6) is 0. The Morgan fingerprint density at radius 1 is 0.577 bits per heavy atom. The van der Waals surface area contributed by atoms with E-state index in [1.54, 1.807) is 0 Å². The molecule has 0 amide bonds. The van der Waals surface area contributed by atoms with Crippen LogP contribution in [0.1, 0.15) is 28.4 Å². The molecule has 26 heavy (non-hydrogen) atoms. The third-order valence-corrected chi connectivity index (χ3v) is 5.20. The zero-order valence-corrected chi connectivity index (χ0v) is 14.3. The van der Waals surface area contributed by atoms with Crippen molar-refractivity contribution in [2.24, 2.45) is 0 Å². The van der Waals surface area contributed by atoms with E-state index in [1.165, 1.54) is 0 Å². The molecular formula is C25H18O. The van der Waals surface area contributed by atoms with E-state index in [0.717, 1.165) is 44.2 Å². The molecule has 1 aliphatic rings. The number of aliphatic hydroxyl groups excluding tert-OH is 1. The number of fused-ring (bicyclic) bond motifs is 3. The molecule has 0 saturated heterocycles. The van der Waals surface area contributed by atoms with Crippen LogP contribution in [-0.2, 0) is 0 Å². The van der Waals surface area contributed by atoms with Gasteiger partial charge in [-0.2, -0.15) is 0 Å². The zero-order chi connectivity index (χ0) is 17.5. The van der Waals surface area contributed by atoms with E-state index in [-0.39, 0.29) is 0 Å². The Hall–Kier alpha value is -3.16. The van der Waals surface area contributed by atoms with Crippen LogP contribution in [0.2, 0.25) is 0 Å². The summed E-state index contributed by atoms with van der Waals surface area (Å²) in [6, 6.07) is 33.2. The number of hydrogen-bond donors (Lipinski definition) is 1. The van der Waals surface area contributed by atoms with E-state index in [4.69, 9.17) is 0 Å². The second kappa shape index (κ2) is 5.98. The standard InChI is InChI=1S/C25H18O/c26-25-23(19-12-5-2-6-13-19)22(18-10-3-1-4-11-18)21-16-15-17-9-7-8-14-20(17)24(21)25/h1-16,25-26H. The molecule has 1 nitrogen and oxygen atoms in total. The molecule has 1 N–H and O–H groups in total. The number of rotatable bonds is 2. The summed E-state index contributed by atoms with van der Waals surface area (Å²) in [6.45, 7) is 0. The molecule has 4 aromatic carbocycles. The Labute approximate surface area is 152 Å². The van der Waals surface area contributed by atoms with Crippen molar-refractivity contribution >= 4 is 21.9 Å². The van der Waals surface area contributed by atoms with E-state index in [2.05, 4.69) is 60.7 Å². The molecule has 1 unspecified atom stereocenters. The van der Waals surface area contributed by atoms with Gasteiger partial charge in [0.25, 0.3) is 0 Å². The minimum atomic E-state index is -0.631. The molecule has 0 radical (unpaired) electrons. The summed E-state index contributed by atoms with van der Waals surface area (Å²) in [5.41, 5.74) is 6.47. The van der Waals surface area contributed by atoms with Crippen LogP contribution in [-0.4, -0.2) is 5.11 Å². The molecule has 4 aromatic rings. The largest absolute Gasteiger partial charge is 0.384 e. The first kappa shape index (κ1) is 15.1. The van der Waals surface area contributed by atoms with Gasteiger partial charge in [0, 0.05) is 11.1 Å². The average molecular weight is 334 g/mol. The van der Waals surface area contributed by atoms with Crippen molar-refractivity contribution in [3.05, 3.63) is 119 Å². The van der Waals surface area contributed by atoms with Gasteiger partial charge >= 0.3 is 0 Å². The van der Waals surface area contributed by atoms with Crippen molar-refractivity contribution in [3.8, 4) is 0 Å². The van der Waals surface area contributed by atoms with Crippen molar-refractivity contribution in [1.29, 1.82) is 0 Å². The molecule has 0 heterocycles. The molecule has 1 aliphatic carbocycles. The second-order valence-electron chi connectivity index (χ2n) is 6.67. The maximum Gasteiger partial charge on any atom is 0.106 e. The highest BCUT2D eigenvalue weighted by Crippen LogP contribution is 2.50. The quantitative estimate of drug-likeness (QED) is 0.488. The van der Waals surface area contributed by atoms with E-state index in [9.17, 15) is 5.11 Å². The maximum atomic E-state index is 11.4. The van der Waals surface area contributed by atoms with Crippen molar-refractivity contribution < 1.29 is 5.11 Å². The van der Waals surface area contributed by atoms with Gasteiger partial charge < -0.3 is 5.11 Å².